The van der Waals surface area contributed by atoms with Crippen LogP contribution >= 0.6 is 11.3 Å². The molecule has 0 aliphatic heterocycles. The highest BCUT2D eigenvalue weighted by Crippen LogP contribution is 2.19. The number of pyridine rings is 1. The smallest absolute Gasteiger partial charge is 0.270 e. The van der Waals surface area contributed by atoms with E-state index in [2.05, 4.69) is 34.4 Å². The van der Waals surface area contributed by atoms with Crippen LogP contribution in [0.25, 0.3) is 0 Å². The van der Waals surface area contributed by atoms with Crippen molar-refractivity contribution in [2.45, 2.75) is 13.8 Å². The highest BCUT2D eigenvalue weighted by atomic mass is 32.1. The number of nitrogens with zero attached hydrogens (tertiary/aromatic N) is 2. The fraction of sp³-hybridized carbons (Fsp3) is 0.308. The number of rotatable bonds is 5. The second-order valence-corrected chi connectivity index (χ2v) is 5.34. The van der Waals surface area contributed by atoms with Gasteiger partial charge in [0, 0.05) is 18.1 Å². The Morgan fingerprint density at radius 3 is 2.95 bits per heavy atom. The van der Waals surface area contributed by atoms with Crippen molar-refractivity contribution in [3.8, 4) is 0 Å². The van der Waals surface area contributed by atoms with Gasteiger partial charge in [0.25, 0.3) is 5.91 Å². The van der Waals surface area contributed by atoms with Crippen molar-refractivity contribution >= 4 is 28.2 Å². The lowest BCUT2D eigenvalue weighted by molar-refractivity contribution is 0.0945. The molecule has 2 N–H and O–H groups in total. The number of hydrogen-bond donors (Lipinski definition) is 2. The van der Waals surface area contributed by atoms with Gasteiger partial charge in [-0.3, -0.25) is 4.79 Å². The Morgan fingerprint density at radius 2 is 2.26 bits per heavy atom. The van der Waals surface area contributed by atoms with Gasteiger partial charge in [-0.05, 0) is 18.1 Å². The van der Waals surface area contributed by atoms with E-state index in [4.69, 9.17) is 0 Å². The van der Waals surface area contributed by atoms with E-state index < -0.39 is 0 Å². The Morgan fingerprint density at radius 1 is 1.42 bits per heavy atom. The lowest BCUT2D eigenvalue weighted by atomic mass is 10.2. The van der Waals surface area contributed by atoms with Crippen LogP contribution in [0.15, 0.2) is 29.8 Å². The van der Waals surface area contributed by atoms with E-state index >= 15 is 0 Å². The van der Waals surface area contributed by atoms with Gasteiger partial charge in [0.15, 0.2) is 5.13 Å². The molecule has 2 rings (SSSR count). The van der Waals surface area contributed by atoms with Gasteiger partial charge in [-0.2, -0.15) is 0 Å². The SMILES string of the molecule is CC(C)CNC(=O)c1csc(Nc2ccccn2)n1. The first-order chi connectivity index (χ1) is 9.15. The average Bonchev–Trinajstić information content (AvgIpc) is 2.85. The van der Waals surface area contributed by atoms with Gasteiger partial charge in [0.2, 0.25) is 0 Å². The maximum absolute atomic E-state index is 11.8. The normalized spacial score (nSPS) is 10.5. The number of carbonyl (C=O) groups is 1. The first kappa shape index (κ1) is 13.5. The van der Waals surface area contributed by atoms with Crippen molar-refractivity contribution in [2.75, 3.05) is 11.9 Å². The summed E-state index contributed by atoms with van der Waals surface area (Å²) in [7, 11) is 0. The highest BCUT2D eigenvalue weighted by molar-refractivity contribution is 7.14. The number of thiazole rings is 1. The van der Waals surface area contributed by atoms with Crippen LogP contribution in [0.2, 0.25) is 0 Å². The minimum Gasteiger partial charge on any atom is -0.350 e. The van der Waals surface area contributed by atoms with E-state index in [1.165, 1.54) is 11.3 Å². The summed E-state index contributed by atoms with van der Waals surface area (Å²) in [6, 6.07) is 5.58. The molecule has 0 saturated carbocycles. The van der Waals surface area contributed by atoms with Crippen LogP contribution in [-0.4, -0.2) is 22.4 Å². The number of carbonyl (C=O) groups excluding carboxylic acids is 1. The number of amides is 1. The van der Waals surface area contributed by atoms with Crippen molar-refractivity contribution in [1.29, 1.82) is 0 Å². The summed E-state index contributed by atoms with van der Waals surface area (Å²) in [6.07, 6.45) is 1.70. The monoisotopic (exact) mass is 276 g/mol. The molecule has 0 aliphatic rings. The Labute approximate surface area is 116 Å². The molecular formula is C13H16N4OS. The maximum Gasteiger partial charge on any atom is 0.270 e. The van der Waals surface area contributed by atoms with E-state index in [1.54, 1.807) is 11.6 Å². The van der Waals surface area contributed by atoms with Crippen LogP contribution < -0.4 is 10.6 Å². The summed E-state index contributed by atoms with van der Waals surface area (Å²) in [5.74, 6) is 0.999. The minimum atomic E-state index is -0.140. The molecule has 100 valence electrons. The van der Waals surface area contributed by atoms with Gasteiger partial charge in [0.05, 0.1) is 0 Å². The Balaban J connectivity index is 1.97. The van der Waals surface area contributed by atoms with Crippen molar-refractivity contribution in [3.05, 3.63) is 35.5 Å². The summed E-state index contributed by atoms with van der Waals surface area (Å²) in [4.78, 5) is 20.2. The number of hydrogen-bond acceptors (Lipinski definition) is 5. The molecule has 0 atom stereocenters. The third kappa shape index (κ3) is 4.03. The Kier molecular flexibility index (Phi) is 4.46. The molecule has 0 aromatic carbocycles. The summed E-state index contributed by atoms with van der Waals surface area (Å²) in [6.45, 7) is 4.75. The molecule has 0 aliphatic carbocycles. The first-order valence-corrected chi connectivity index (χ1v) is 6.95. The molecule has 0 fully saturated rings. The quantitative estimate of drug-likeness (QED) is 0.881. The van der Waals surface area contributed by atoms with E-state index in [0.29, 0.717) is 29.1 Å². The molecule has 5 nitrogen and oxygen atoms in total. The van der Waals surface area contributed by atoms with Crippen LogP contribution in [0, 0.1) is 5.92 Å². The predicted molar refractivity (Wildman–Crippen MR) is 76.8 cm³/mol. The van der Waals surface area contributed by atoms with Gasteiger partial charge in [-0.15, -0.1) is 11.3 Å². The molecule has 0 spiro atoms. The molecule has 0 bridgehead atoms. The number of nitrogens with one attached hydrogen (secondary N) is 2. The Hall–Kier alpha value is -1.95. The van der Waals surface area contributed by atoms with Crippen molar-refractivity contribution < 1.29 is 4.79 Å². The molecule has 19 heavy (non-hydrogen) atoms. The van der Waals surface area contributed by atoms with Crippen molar-refractivity contribution in [3.63, 3.8) is 0 Å². The van der Waals surface area contributed by atoms with E-state index in [0.717, 1.165) is 0 Å². The molecule has 0 unspecified atom stereocenters. The molecular weight excluding hydrogens is 260 g/mol. The van der Waals surface area contributed by atoms with E-state index in [-0.39, 0.29) is 5.91 Å². The third-order valence-corrected chi connectivity index (χ3v) is 3.07. The molecule has 2 aromatic heterocycles. The summed E-state index contributed by atoms with van der Waals surface area (Å²) in [5.41, 5.74) is 0.434. The fourth-order valence-electron chi connectivity index (χ4n) is 1.37. The van der Waals surface area contributed by atoms with Crippen LogP contribution in [0.5, 0.6) is 0 Å². The molecule has 2 aromatic rings. The van der Waals surface area contributed by atoms with E-state index in [1.807, 2.05) is 18.2 Å². The number of aromatic nitrogens is 2. The zero-order valence-electron chi connectivity index (χ0n) is 10.9. The second-order valence-electron chi connectivity index (χ2n) is 4.48. The maximum atomic E-state index is 11.8. The summed E-state index contributed by atoms with van der Waals surface area (Å²) < 4.78 is 0. The summed E-state index contributed by atoms with van der Waals surface area (Å²) in [5, 5.41) is 8.30. The average molecular weight is 276 g/mol. The number of anilines is 2. The van der Waals surface area contributed by atoms with Gasteiger partial charge in [0.1, 0.15) is 11.5 Å². The van der Waals surface area contributed by atoms with Crippen LogP contribution in [0.4, 0.5) is 10.9 Å². The predicted octanol–water partition coefficient (Wildman–Crippen LogP) is 2.67. The molecule has 1 amide bonds. The van der Waals surface area contributed by atoms with Crippen molar-refractivity contribution in [2.24, 2.45) is 5.92 Å². The molecule has 2 heterocycles. The van der Waals surface area contributed by atoms with Crippen molar-refractivity contribution in [1.82, 2.24) is 15.3 Å². The van der Waals surface area contributed by atoms with Crippen LogP contribution in [0.3, 0.4) is 0 Å². The lowest BCUT2D eigenvalue weighted by Gasteiger charge is -2.05. The lowest BCUT2D eigenvalue weighted by Crippen LogP contribution is -2.27. The van der Waals surface area contributed by atoms with Crippen LogP contribution in [-0.2, 0) is 0 Å². The zero-order valence-corrected chi connectivity index (χ0v) is 11.7. The van der Waals surface area contributed by atoms with Gasteiger partial charge < -0.3 is 10.6 Å². The largest absolute Gasteiger partial charge is 0.350 e. The second kappa shape index (κ2) is 6.29. The molecule has 0 radical (unpaired) electrons. The van der Waals surface area contributed by atoms with Crippen LogP contribution in [0.1, 0.15) is 24.3 Å². The molecule has 0 saturated heterocycles. The van der Waals surface area contributed by atoms with Gasteiger partial charge in [-0.1, -0.05) is 19.9 Å². The highest BCUT2D eigenvalue weighted by Gasteiger charge is 2.11. The van der Waals surface area contributed by atoms with E-state index in [9.17, 15) is 4.79 Å². The standard InChI is InChI=1S/C13H16N4OS/c1-9(2)7-15-12(18)10-8-19-13(16-10)17-11-5-3-4-6-14-11/h3-6,8-9H,7H2,1-2H3,(H,15,18)(H,14,16,17). The third-order valence-electron chi connectivity index (χ3n) is 2.31. The van der Waals surface area contributed by atoms with Gasteiger partial charge >= 0.3 is 0 Å². The van der Waals surface area contributed by atoms with Gasteiger partial charge in [-0.25, -0.2) is 9.97 Å². The zero-order chi connectivity index (χ0) is 13.7. The summed E-state index contributed by atoms with van der Waals surface area (Å²) >= 11 is 1.38. The Bertz CT molecular complexity index is 539. The first-order valence-electron chi connectivity index (χ1n) is 6.07. The fourth-order valence-corrected chi connectivity index (χ4v) is 2.07. The molecule has 6 heteroatoms. The topological polar surface area (TPSA) is 66.9 Å². The minimum absolute atomic E-state index is 0.140.